The molecule has 4 heterocycles. The predicted octanol–water partition coefficient (Wildman–Crippen LogP) is 7.21. The van der Waals surface area contributed by atoms with E-state index >= 15 is 0 Å². The number of aromatic hydroxyl groups is 2. The first kappa shape index (κ1) is 52.3. The average molecular weight is 931 g/mol. The van der Waals surface area contributed by atoms with Gasteiger partial charge in [0, 0.05) is 66.0 Å². The minimum Gasteiger partial charge on any atom is -0.507 e. The Morgan fingerprint density at radius 3 is 1.42 bits per heavy atom. The van der Waals surface area contributed by atoms with Crippen molar-refractivity contribution in [2.45, 2.75) is 142 Å². The number of rotatable bonds is 12. The van der Waals surface area contributed by atoms with Gasteiger partial charge in [0.05, 0.1) is 77.5 Å². The molecule has 13 nitrogen and oxygen atoms in total. The molecule has 0 bridgehead atoms. The van der Waals surface area contributed by atoms with E-state index in [1.165, 1.54) is 48.7 Å². The van der Waals surface area contributed by atoms with Gasteiger partial charge in [0.15, 0.2) is 0 Å². The second kappa shape index (κ2) is 23.8. The van der Waals surface area contributed by atoms with Gasteiger partial charge in [-0.1, -0.05) is 66.5 Å². The first-order valence-corrected chi connectivity index (χ1v) is 23.5. The number of aryl methyl sites for hydroxylation is 2. The molecule has 2 aromatic carbocycles. The first-order valence-electron chi connectivity index (χ1n) is 23.5. The molecule has 64 heavy (non-hydrogen) atoms. The van der Waals surface area contributed by atoms with Crippen LogP contribution in [-0.2, 0) is 40.5 Å². The number of phenolic OH excluding ortho intramolecular Hbond substituents is 2. The fourth-order valence-electron chi connectivity index (χ4n) is 9.58. The molecule has 2 unspecified atom stereocenters. The third-order valence-electron chi connectivity index (χ3n) is 13.1. The number of carboxylic acid groups (broad SMARTS) is 2. The van der Waals surface area contributed by atoms with Crippen molar-refractivity contribution in [1.82, 2.24) is 20.4 Å². The van der Waals surface area contributed by atoms with Crippen molar-refractivity contribution in [3.05, 3.63) is 65.1 Å². The van der Waals surface area contributed by atoms with Crippen molar-refractivity contribution in [3.63, 3.8) is 0 Å². The third kappa shape index (κ3) is 14.1. The zero-order valence-electron chi connectivity index (χ0n) is 39.9. The molecule has 1 fully saturated rings. The van der Waals surface area contributed by atoms with Gasteiger partial charge in [-0.3, -0.25) is 39.6 Å². The van der Waals surface area contributed by atoms with Crippen molar-refractivity contribution < 1.29 is 51.2 Å². The molecule has 2 atom stereocenters. The molecular weight excluding hydrogens is 852 g/mol. The van der Waals surface area contributed by atoms with E-state index in [9.17, 15) is 10.2 Å². The van der Waals surface area contributed by atoms with Crippen LogP contribution in [0.15, 0.2) is 34.3 Å². The van der Waals surface area contributed by atoms with Gasteiger partial charge in [-0.25, -0.2) is 4.79 Å². The molecule has 1 aliphatic carbocycles. The largest absolute Gasteiger partial charge is 0.507 e. The van der Waals surface area contributed by atoms with Gasteiger partial charge in [0.1, 0.15) is 11.5 Å². The molecule has 2 aromatic rings. The van der Waals surface area contributed by atoms with Crippen molar-refractivity contribution in [1.29, 1.82) is 0 Å². The Kier molecular flexibility index (Phi) is 19.4. The number of aliphatic imine (C=N–C) groups is 2. The molecule has 0 spiro atoms. The second-order valence-corrected chi connectivity index (χ2v) is 20.0. The Labute approximate surface area is 394 Å². The van der Waals surface area contributed by atoms with E-state index < -0.39 is 6.16 Å². The Morgan fingerprint density at radius 2 is 1.05 bits per heavy atom. The average Bonchev–Trinajstić information content (AvgIpc) is 3.23. The van der Waals surface area contributed by atoms with Gasteiger partial charge < -0.3 is 27.9 Å². The first-order chi connectivity index (χ1) is 29.6. The second-order valence-electron chi connectivity index (χ2n) is 20.0. The van der Waals surface area contributed by atoms with Gasteiger partial charge in [-0.15, -0.1) is 0 Å². The molecule has 4 aliphatic heterocycles. The molecular formula is C50H79CoN8O5+. The molecule has 5 aliphatic rings. The third-order valence-corrected chi connectivity index (χ3v) is 13.1. The van der Waals surface area contributed by atoms with Crippen molar-refractivity contribution in [2.75, 3.05) is 65.4 Å². The topological polar surface area (TPSA) is 159 Å². The van der Waals surface area contributed by atoms with Gasteiger partial charge in [-0.05, 0) is 83.7 Å². The monoisotopic (exact) mass is 931 g/mol. The number of nitrogens with zero attached hydrogens (tertiary/aromatic N) is 6. The summed E-state index contributed by atoms with van der Waals surface area (Å²) in [7, 11) is 0. The summed E-state index contributed by atoms with van der Waals surface area (Å²) in [6.45, 7) is 24.3. The molecule has 357 valence electrons. The summed E-state index contributed by atoms with van der Waals surface area (Å²) in [5.41, 5.74) is 5.96. The molecule has 0 saturated heterocycles. The van der Waals surface area contributed by atoms with E-state index in [1.54, 1.807) is 0 Å². The van der Waals surface area contributed by atoms with E-state index in [4.69, 9.17) is 25.0 Å². The van der Waals surface area contributed by atoms with Crippen LogP contribution in [0.3, 0.4) is 0 Å². The molecule has 1 radical (unpaired) electrons. The predicted molar refractivity (Wildman–Crippen MR) is 256 cm³/mol. The quantitative estimate of drug-likeness (QED) is 0.0735. The smallest absolute Gasteiger partial charge is 0.503 e. The number of hydrogen-bond donors (Lipinski definition) is 6. The zero-order chi connectivity index (χ0) is 44.4. The van der Waals surface area contributed by atoms with E-state index in [-0.39, 0.29) is 47.1 Å². The van der Waals surface area contributed by atoms with Crippen LogP contribution in [0.5, 0.6) is 11.5 Å². The van der Waals surface area contributed by atoms with Crippen LogP contribution in [0, 0.1) is 7.43 Å². The Morgan fingerprint density at radius 1 is 0.672 bits per heavy atom. The summed E-state index contributed by atoms with van der Waals surface area (Å²) in [4.78, 5) is 23.9. The van der Waals surface area contributed by atoms with Crippen LogP contribution in [0.25, 0.3) is 0 Å². The maximum Gasteiger partial charge on any atom is 0.503 e. The molecule has 0 amide bonds. The summed E-state index contributed by atoms with van der Waals surface area (Å²) in [6.07, 6.45) is 14.6. The van der Waals surface area contributed by atoms with Gasteiger partial charge >= 0.3 is 18.1 Å². The SMILES string of the molecule is CC(C)(C)c1cc(C=NC2CCCCC2N=Cc2cc(C(C)(C)C)cc(CCCN3CCC[N+]4=C3NCCC4)c2O)c(O)c(CCCN2CCC[N+]3=C2NCCC3)c1.O=C(O)O.[CH3-].[Co]. The summed E-state index contributed by atoms with van der Waals surface area (Å²) < 4.78 is 5.01. The molecule has 7 rings (SSSR count). The molecule has 1 saturated carbocycles. The minimum absolute atomic E-state index is 0. The normalized spacial score (nSPS) is 20.3. The number of nitrogens with one attached hydrogen (secondary N) is 2. The van der Waals surface area contributed by atoms with Crippen molar-refractivity contribution in [3.8, 4) is 11.5 Å². The fraction of sp³-hybridized carbons (Fsp3) is 0.640. The van der Waals surface area contributed by atoms with Crippen LogP contribution in [0.4, 0.5) is 4.79 Å². The molecule has 0 aromatic heterocycles. The van der Waals surface area contributed by atoms with Crippen molar-refractivity contribution in [2.24, 2.45) is 9.98 Å². The van der Waals surface area contributed by atoms with Crippen molar-refractivity contribution >= 4 is 30.5 Å². The fourth-order valence-corrected chi connectivity index (χ4v) is 9.58. The Bertz CT molecular complexity index is 1850. The molecule has 6 N–H and O–H groups in total. The van der Waals surface area contributed by atoms with E-state index in [0.717, 1.165) is 139 Å². The standard InChI is InChI=1S/C48H72N8O2.CH2O3.CH3.Co/c1-47(2,3)39-29-35(15-9-21-53-25-13-27-55-23-11-19-49-45(53)55)43(57)37(31-39)33-51-41-17-7-8-18-42(41)52-34-38-32-40(48(4,5)6)30-36(44(38)58)16-10-22-54-26-14-28-56-24-12-20-50-46(54)56;2-1(3)4;;/h29-34,41-42H,7-28H2,1-6H3,(H2,51,52,57,58);(H2,2,3,4);1H3;/q;;-1;/p+2. The van der Waals surface area contributed by atoms with Crippen LogP contribution < -0.4 is 10.6 Å². The van der Waals surface area contributed by atoms with Crippen LogP contribution in [0.1, 0.15) is 139 Å². The van der Waals surface area contributed by atoms with E-state index in [2.05, 4.69) is 95.4 Å². The summed E-state index contributed by atoms with van der Waals surface area (Å²) in [5.74, 6) is 3.32. The van der Waals surface area contributed by atoms with Crippen LogP contribution in [-0.4, -0.2) is 147 Å². The van der Waals surface area contributed by atoms with Gasteiger partial charge in [-0.2, -0.15) is 0 Å². The minimum atomic E-state index is -1.83. The maximum atomic E-state index is 11.7. The number of phenols is 2. The molecule has 14 heteroatoms. The zero-order valence-corrected chi connectivity index (χ0v) is 40.9. The summed E-state index contributed by atoms with van der Waals surface area (Å²) in [5, 5.41) is 44.6. The maximum absolute atomic E-state index is 11.7. The Balaban J connectivity index is 0.00000144. The Hall–Kier alpha value is -4.30. The number of hydrogen-bond acceptors (Lipinski definition) is 9. The van der Waals surface area contributed by atoms with E-state index in [0.29, 0.717) is 11.5 Å². The van der Waals surface area contributed by atoms with E-state index in [1.807, 2.05) is 12.4 Å². The number of guanidine groups is 2. The number of carbonyl (C=O) groups is 1. The summed E-state index contributed by atoms with van der Waals surface area (Å²) >= 11 is 0. The van der Waals surface area contributed by atoms with Gasteiger partial charge in [0.2, 0.25) is 0 Å². The number of benzene rings is 2. The van der Waals surface area contributed by atoms with Crippen LogP contribution in [0.2, 0.25) is 0 Å². The summed E-state index contributed by atoms with van der Waals surface area (Å²) in [6, 6.07) is 8.75. The van der Waals surface area contributed by atoms with Crippen LogP contribution >= 0.6 is 0 Å². The van der Waals surface area contributed by atoms with Gasteiger partial charge in [0.25, 0.3) is 0 Å².